The van der Waals surface area contributed by atoms with Crippen LogP contribution < -0.4 is 0 Å². The zero-order chi connectivity index (χ0) is 63.8. The van der Waals surface area contributed by atoms with E-state index < -0.39 is 23.4 Å². The molecule has 0 unspecified atom stereocenters. The van der Waals surface area contributed by atoms with E-state index in [1.807, 2.05) is 146 Å². The molecule has 0 fully saturated rings. The van der Waals surface area contributed by atoms with Gasteiger partial charge in [-0.3, -0.25) is 0 Å². The van der Waals surface area contributed by atoms with Gasteiger partial charge in [0.25, 0.3) is 0 Å². The molecule has 6 heterocycles. The molecule has 96 heavy (non-hydrogen) atoms. The number of benzene rings is 14. The Morgan fingerprint density at radius 3 is 0.635 bits per heavy atom. The number of alkyl halides is 3. The highest BCUT2D eigenvalue weighted by molar-refractivity contribution is 6.17. The summed E-state index contributed by atoms with van der Waals surface area (Å²) in [5.74, 6) is -1.74. The van der Waals surface area contributed by atoms with E-state index in [9.17, 15) is 0 Å². The van der Waals surface area contributed by atoms with Crippen molar-refractivity contribution in [2.45, 2.75) is 6.18 Å². The lowest BCUT2D eigenvalue weighted by molar-refractivity contribution is -0.137. The minimum Gasteiger partial charge on any atom is -0.309 e. The quantitative estimate of drug-likeness (QED) is 0.142. The minimum atomic E-state index is -5.06. The molecule has 0 amide bonds. The molecule has 20 aromatic rings. The van der Waals surface area contributed by atoms with E-state index in [2.05, 4.69) is 140 Å². The average Bonchev–Trinajstić information content (AvgIpc) is 1.55. The highest BCUT2D eigenvalue weighted by atomic mass is 19.4. The van der Waals surface area contributed by atoms with Crippen LogP contribution in [0.5, 0.6) is 0 Å². The summed E-state index contributed by atoms with van der Waals surface area (Å²) < 4.78 is 97.4. The van der Waals surface area contributed by atoms with Gasteiger partial charge in [-0.1, -0.05) is 146 Å². The fraction of sp³-hybridized carbons (Fsp3) is 0.0118. The lowest BCUT2D eigenvalue weighted by Crippen LogP contribution is -2.16. The lowest BCUT2D eigenvalue weighted by atomic mass is 9.98. The molecular weight excluding hydrogens is 1200 g/mol. The Bertz CT molecular complexity index is 5800. The summed E-state index contributed by atoms with van der Waals surface area (Å²) in [7, 11) is 0. The van der Waals surface area contributed by atoms with Gasteiger partial charge < -0.3 is 27.4 Å². The van der Waals surface area contributed by atoms with E-state index in [0.717, 1.165) is 116 Å². The van der Waals surface area contributed by atoms with Gasteiger partial charge >= 0.3 is 6.18 Å². The van der Waals surface area contributed by atoms with Gasteiger partial charge in [0.05, 0.1) is 77.6 Å². The molecule has 6 aromatic heterocycles. The van der Waals surface area contributed by atoms with Gasteiger partial charge in [0.1, 0.15) is 17.2 Å². The van der Waals surface area contributed by atoms with Gasteiger partial charge in [0.2, 0.25) is 0 Å². The van der Waals surface area contributed by atoms with Gasteiger partial charge in [-0.05, 0) is 157 Å². The number of halogens is 5. The summed E-state index contributed by atoms with van der Waals surface area (Å²) in [4.78, 5) is 0. The summed E-state index contributed by atoms with van der Waals surface area (Å²) in [6, 6.07) is 95.8. The van der Waals surface area contributed by atoms with Crippen LogP contribution in [0, 0.1) is 11.6 Å². The Morgan fingerprint density at radius 1 is 0.198 bits per heavy atom. The Balaban J connectivity index is 0.913. The molecule has 6 nitrogen and oxygen atoms in total. The Labute approximate surface area is 543 Å². The number of hydrogen-bond acceptors (Lipinski definition) is 0. The minimum absolute atomic E-state index is 0.0647. The van der Waals surface area contributed by atoms with Crippen LogP contribution in [0.2, 0.25) is 0 Å². The molecule has 11 heteroatoms. The molecule has 0 aliphatic carbocycles. The van der Waals surface area contributed by atoms with E-state index >= 15 is 22.0 Å². The van der Waals surface area contributed by atoms with E-state index in [0.29, 0.717) is 43.6 Å². The Morgan fingerprint density at radius 2 is 0.406 bits per heavy atom. The fourth-order valence-electron chi connectivity index (χ4n) is 16.0. The van der Waals surface area contributed by atoms with Crippen molar-refractivity contribution in [3.63, 3.8) is 0 Å². The molecule has 0 saturated heterocycles. The normalized spacial score (nSPS) is 12.4. The van der Waals surface area contributed by atoms with Gasteiger partial charge in [0, 0.05) is 93.5 Å². The first-order valence-corrected chi connectivity index (χ1v) is 31.9. The highest BCUT2D eigenvalue weighted by Crippen LogP contribution is 2.49. The first-order chi connectivity index (χ1) is 47.1. The van der Waals surface area contributed by atoms with E-state index in [4.69, 9.17) is 0 Å². The molecule has 0 spiro atoms. The van der Waals surface area contributed by atoms with Gasteiger partial charge in [-0.2, -0.15) is 13.2 Å². The second-order valence-corrected chi connectivity index (χ2v) is 25.0. The Kier molecular flexibility index (Phi) is 11.3. The second-order valence-electron chi connectivity index (χ2n) is 25.0. The van der Waals surface area contributed by atoms with Crippen molar-refractivity contribution < 1.29 is 22.0 Å². The number of aromatic nitrogens is 6. The van der Waals surface area contributed by atoms with Crippen LogP contribution in [-0.2, 0) is 6.18 Å². The van der Waals surface area contributed by atoms with Crippen LogP contribution in [0.25, 0.3) is 176 Å². The van der Waals surface area contributed by atoms with E-state index in [1.54, 1.807) is 9.13 Å². The zero-order valence-electron chi connectivity index (χ0n) is 50.9. The average molecular weight is 1250 g/mol. The third kappa shape index (κ3) is 7.73. The molecule has 0 aliphatic heterocycles. The van der Waals surface area contributed by atoms with Crippen molar-refractivity contribution in [1.82, 2.24) is 27.4 Å². The van der Waals surface area contributed by atoms with Crippen LogP contribution in [-0.4, -0.2) is 27.4 Å². The van der Waals surface area contributed by atoms with Gasteiger partial charge in [0.15, 0.2) is 0 Å². The van der Waals surface area contributed by atoms with Crippen molar-refractivity contribution in [3.8, 4) is 45.3 Å². The summed E-state index contributed by atoms with van der Waals surface area (Å²) in [5, 5.41) is 11.3. The van der Waals surface area contributed by atoms with Crippen molar-refractivity contribution in [2.24, 2.45) is 0 Å². The maximum absolute atomic E-state index is 17.8. The van der Waals surface area contributed by atoms with E-state index in [-0.39, 0.29) is 22.5 Å². The van der Waals surface area contributed by atoms with Crippen LogP contribution in [0.3, 0.4) is 0 Å². The molecule has 0 radical (unpaired) electrons. The molecule has 20 rings (SSSR count). The monoisotopic (exact) mass is 1250 g/mol. The number of rotatable bonds is 7. The molecule has 0 bridgehead atoms. The lowest BCUT2D eigenvalue weighted by Gasteiger charge is -2.23. The topological polar surface area (TPSA) is 29.6 Å². The van der Waals surface area contributed by atoms with Crippen LogP contribution in [0.15, 0.2) is 297 Å². The standard InChI is InChI=1S/C85H49F5N6/c86-52-41-50(42-53(87)45-52)51-43-82(95-78-37-33-54(91-70-25-9-1-17-58(70)59-18-2-10-26-71(59)91)46-66(78)67-47-55(34-38-79(67)95)92-72-27-11-3-19-60(72)61-20-4-12-28-73(61)92)84(85(88,89)90)83(44-51)96-80-39-35-56(93-74-29-13-5-21-62(74)63-22-6-14-30-75(63)93)48-68(80)69-49-57(36-40-81(69)96)94-76-31-15-7-23-64(76)65-24-8-16-32-77(65)94/h1-49H. The summed E-state index contributed by atoms with van der Waals surface area (Å²) in [6.45, 7) is 0. The summed E-state index contributed by atoms with van der Waals surface area (Å²) in [5.41, 5.74) is 11.8. The maximum atomic E-state index is 17.8. The van der Waals surface area contributed by atoms with Crippen molar-refractivity contribution in [3.05, 3.63) is 314 Å². The van der Waals surface area contributed by atoms with Gasteiger partial charge in [-0.15, -0.1) is 0 Å². The Hall–Kier alpha value is -12.5. The highest BCUT2D eigenvalue weighted by Gasteiger charge is 2.40. The summed E-state index contributed by atoms with van der Waals surface area (Å²) in [6.07, 6.45) is -5.06. The third-order valence-electron chi connectivity index (χ3n) is 19.9. The first kappa shape index (κ1) is 54.1. The number of fused-ring (bicyclic) bond motifs is 18. The molecule has 454 valence electrons. The number of hydrogen-bond donors (Lipinski definition) is 0. The zero-order valence-corrected chi connectivity index (χ0v) is 50.9. The molecule has 0 N–H and O–H groups in total. The van der Waals surface area contributed by atoms with Crippen molar-refractivity contribution in [2.75, 3.05) is 0 Å². The van der Waals surface area contributed by atoms with Crippen LogP contribution >= 0.6 is 0 Å². The second kappa shape index (κ2) is 20.0. The molecular formula is C85H49F5N6. The number of nitrogens with zero attached hydrogens (tertiary/aromatic N) is 6. The van der Waals surface area contributed by atoms with Crippen molar-refractivity contribution in [1.29, 1.82) is 0 Å². The largest absolute Gasteiger partial charge is 0.420 e. The van der Waals surface area contributed by atoms with E-state index in [1.165, 1.54) is 24.3 Å². The number of para-hydroxylation sites is 8. The predicted molar refractivity (Wildman–Crippen MR) is 383 cm³/mol. The fourth-order valence-corrected chi connectivity index (χ4v) is 16.0. The molecule has 14 aromatic carbocycles. The SMILES string of the molecule is Fc1cc(F)cc(-c2cc(-n3c4ccc(-n5c6ccccc6c6ccccc65)cc4c4cc(-n5c6ccccc6c6ccccc65)ccc43)c(C(F)(F)F)c(-n3c4ccc(-n5c6ccccc6c6ccccc65)cc4c4cc(-n5c6ccccc6c6ccccc65)ccc43)c2)c1. The van der Waals surface area contributed by atoms with Crippen LogP contribution in [0.4, 0.5) is 22.0 Å². The molecule has 0 aliphatic rings. The predicted octanol–water partition coefficient (Wildman–Crippen LogP) is 23.2. The van der Waals surface area contributed by atoms with Gasteiger partial charge in [-0.25, -0.2) is 8.78 Å². The molecule has 0 saturated carbocycles. The van der Waals surface area contributed by atoms with Crippen molar-refractivity contribution >= 4 is 131 Å². The smallest absolute Gasteiger partial charge is 0.309 e. The molecule has 0 atom stereocenters. The third-order valence-corrected chi connectivity index (χ3v) is 19.9. The first-order valence-electron chi connectivity index (χ1n) is 31.9. The van der Waals surface area contributed by atoms with Crippen LogP contribution in [0.1, 0.15) is 5.56 Å². The maximum Gasteiger partial charge on any atom is 0.420 e. The summed E-state index contributed by atoms with van der Waals surface area (Å²) >= 11 is 0.